The van der Waals surface area contributed by atoms with Gasteiger partial charge in [-0.2, -0.15) is 0 Å². The summed E-state index contributed by atoms with van der Waals surface area (Å²) < 4.78 is 26.4. The second-order valence-electron chi connectivity index (χ2n) is 3.77. The van der Waals surface area contributed by atoms with Crippen molar-refractivity contribution in [1.82, 2.24) is 4.90 Å². The summed E-state index contributed by atoms with van der Waals surface area (Å²) in [5, 5.41) is 0. The van der Waals surface area contributed by atoms with Crippen LogP contribution in [0.5, 0.6) is 0 Å². The molecule has 1 aromatic rings. The third-order valence-electron chi connectivity index (χ3n) is 2.71. The van der Waals surface area contributed by atoms with Gasteiger partial charge in [0.15, 0.2) is 5.78 Å². The third-order valence-corrected chi connectivity index (χ3v) is 2.71. The average molecular weight is 211 g/mol. The normalized spacial score (nSPS) is 22.3. The van der Waals surface area contributed by atoms with E-state index in [4.69, 9.17) is 0 Å². The van der Waals surface area contributed by atoms with Gasteiger partial charge in [0.25, 0.3) is 0 Å². The number of carbonyl (C=O) groups excluding carboxylic acids is 1. The van der Waals surface area contributed by atoms with Gasteiger partial charge in [0.2, 0.25) is 0 Å². The first-order valence-electron chi connectivity index (χ1n) is 4.77. The predicted molar refractivity (Wildman–Crippen MR) is 51.4 cm³/mol. The minimum Gasteiger partial charge on any atom is -0.297 e. The number of ketones is 1. The van der Waals surface area contributed by atoms with E-state index in [2.05, 4.69) is 0 Å². The smallest absolute Gasteiger partial charge is 0.155 e. The molecule has 0 saturated carbocycles. The first-order valence-corrected chi connectivity index (χ1v) is 4.77. The minimum absolute atomic E-state index is 0.0537. The summed E-state index contributed by atoms with van der Waals surface area (Å²) in [7, 11) is 1.74. The Morgan fingerprint density at radius 1 is 1.40 bits per heavy atom. The van der Waals surface area contributed by atoms with E-state index in [1.54, 1.807) is 11.9 Å². The second kappa shape index (κ2) is 3.70. The summed E-state index contributed by atoms with van der Waals surface area (Å²) in [5.41, 5.74) is 0.139. The van der Waals surface area contributed by atoms with Crippen LogP contribution in [0.15, 0.2) is 18.2 Å². The maximum atomic E-state index is 13.4. The van der Waals surface area contributed by atoms with Crippen LogP contribution in [-0.4, -0.2) is 24.3 Å². The minimum atomic E-state index is -0.624. The standard InChI is InChI=1S/C11H11F2NO/c1-14-5-4-10(15)11(14)8-6-7(12)2-3-9(8)13/h2-3,6,11H,4-5H2,1H3. The highest BCUT2D eigenvalue weighted by molar-refractivity contribution is 5.87. The Morgan fingerprint density at radius 3 is 2.73 bits per heavy atom. The molecule has 1 heterocycles. The average Bonchev–Trinajstić information content (AvgIpc) is 2.51. The topological polar surface area (TPSA) is 20.3 Å². The number of nitrogens with zero attached hydrogens (tertiary/aromatic N) is 1. The number of halogens is 2. The van der Waals surface area contributed by atoms with Crippen LogP contribution in [0.25, 0.3) is 0 Å². The second-order valence-corrected chi connectivity index (χ2v) is 3.77. The lowest BCUT2D eigenvalue weighted by atomic mass is 10.0. The third kappa shape index (κ3) is 1.77. The molecule has 2 rings (SSSR count). The van der Waals surface area contributed by atoms with E-state index in [0.29, 0.717) is 13.0 Å². The Morgan fingerprint density at radius 2 is 2.13 bits per heavy atom. The molecule has 0 spiro atoms. The van der Waals surface area contributed by atoms with Crippen molar-refractivity contribution in [3.05, 3.63) is 35.4 Å². The number of hydrogen-bond acceptors (Lipinski definition) is 2. The van der Waals surface area contributed by atoms with Crippen LogP contribution < -0.4 is 0 Å². The number of likely N-dealkylation sites (tertiary alicyclic amines) is 1. The molecule has 1 aromatic carbocycles. The Balaban J connectivity index is 2.44. The Kier molecular flexibility index (Phi) is 2.52. The van der Waals surface area contributed by atoms with Crippen LogP contribution in [0.4, 0.5) is 8.78 Å². The van der Waals surface area contributed by atoms with E-state index >= 15 is 0 Å². The van der Waals surface area contributed by atoms with Crippen molar-refractivity contribution in [2.45, 2.75) is 12.5 Å². The molecular weight excluding hydrogens is 200 g/mol. The summed E-state index contributed by atoms with van der Waals surface area (Å²) in [4.78, 5) is 13.3. The van der Waals surface area contributed by atoms with E-state index in [-0.39, 0.29) is 11.3 Å². The van der Waals surface area contributed by atoms with Gasteiger partial charge in [-0.15, -0.1) is 0 Å². The monoisotopic (exact) mass is 211 g/mol. The van der Waals surface area contributed by atoms with Crippen LogP contribution in [0.3, 0.4) is 0 Å². The van der Waals surface area contributed by atoms with E-state index < -0.39 is 17.7 Å². The van der Waals surface area contributed by atoms with Crippen molar-refractivity contribution in [2.24, 2.45) is 0 Å². The fraction of sp³-hybridized carbons (Fsp3) is 0.364. The van der Waals surface area contributed by atoms with Gasteiger partial charge >= 0.3 is 0 Å². The van der Waals surface area contributed by atoms with Gasteiger partial charge in [-0.25, -0.2) is 8.78 Å². The number of benzene rings is 1. The van der Waals surface area contributed by atoms with E-state index in [1.807, 2.05) is 0 Å². The lowest BCUT2D eigenvalue weighted by Crippen LogP contribution is -2.22. The number of carbonyl (C=O) groups is 1. The van der Waals surface area contributed by atoms with E-state index in [9.17, 15) is 13.6 Å². The molecule has 1 unspecified atom stereocenters. The summed E-state index contributed by atoms with van der Waals surface area (Å²) in [6.45, 7) is 0.597. The first kappa shape index (κ1) is 10.2. The van der Waals surface area contributed by atoms with Gasteiger partial charge in [-0.05, 0) is 25.2 Å². The van der Waals surface area contributed by atoms with Gasteiger partial charge in [0, 0.05) is 18.5 Å². The fourth-order valence-electron chi connectivity index (χ4n) is 1.93. The summed E-state index contributed by atoms with van der Waals surface area (Å²) >= 11 is 0. The van der Waals surface area contributed by atoms with Gasteiger partial charge in [0.1, 0.15) is 11.6 Å². The van der Waals surface area contributed by atoms with Crippen LogP contribution in [0, 0.1) is 11.6 Å². The van der Waals surface area contributed by atoms with E-state index in [1.165, 1.54) is 0 Å². The van der Waals surface area contributed by atoms with Crippen molar-refractivity contribution < 1.29 is 13.6 Å². The molecule has 1 saturated heterocycles. The van der Waals surface area contributed by atoms with Crippen LogP contribution in [0.1, 0.15) is 18.0 Å². The lowest BCUT2D eigenvalue weighted by molar-refractivity contribution is -0.119. The Bertz CT molecular complexity index is 406. The zero-order valence-electron chi connectivity index (χ0n) is 8.34. The van der Waals surface area contributed by atoms with Gasteiger partial charge < -0.3 is 0 Å². The summed E-state index contributed by atoms with van der Waals surface area (Å²) in [6, 6.07) is 2.59. The van der Waals surface area contributed by atoms with Crippen LogP contribution >= 0.6 is 0 Å². The number of rotatable bonds is 1. The molecule has 4 heteroatoms. The molecule has 0 radical (unpaired) electrons. The first-order chi connectivity index (χ1) is 7.09. The van der Waals surface area contributed by atoms with Crippen molar-refractivity contribution in [3.63, 3.8) is 0 Å². The Labute approximate surface area is 86.5 Å². The SMILES string of the molecule is CN1CCC(=O)C1c1cc(F)ccc1F. The molecule has 0 aromatic heterocycles. The molecule has 0 bridgehead atoms. The molecule has 1 fully saturated rings. The Hall–Kier alpha value is -1.29. The zero-order valence-corrected chi connectivity index (χ0v) is 8.34. The largest absolute Gasteiger partial charge is 0.297 e. The van der Waals surface area contributed by atoms with Crippen LogP contribution in [0.2, 0.25) is 0 Å². The van der Waals surface area contributed by atoms with E-state index in [0.717, 1.165) is 18.2 Å². The van der Waals surface area contributed by atoms with Crippen molar-refractivity contribution in [2.75, 3.05) is 13.6 Å². The van der Waals surface area contributed by atoms with Crippen molar-refractivity contribution in [3.8, 4) is 0 Å². The molecule has 15 heavy (non-hydrogen) atoms. The predicted octanol–water partition coefficient (Wildman–Crippen LogP) is 1.91. The molecule has 1 atom stereocenters. The molecular formula is C11H11F2NO. The lowest BCUT2D eigenvalue weighted by Gasteiger charge is -2.18. The zero-order chi connectivity index (χ0) is 11.0. The van der Waals surface area contributed by atoms with Gasteiger partial charge in [0.05, 0.1) is 6.04 Å². The maximum absolute atomic E-state index is 13.4. The molecule has 0 aliphatic carbocycles. The quantitative estimate of drug-likeness (QED) is 0.707. The summed E-state index contributed by atoms with van der Waals surface area (Å²) in [5.74, 6) is -1.09. The molecule has 80 valence electrons. The highest BCUT2D eigenvalue weighted by atomic mass is 19.1. The number of Topliss-reactive ketones (excluding diaryl/α,β-unsaturated/α-hetero) is 1. The van der Waals surface area contributed by atoms with Crippen LogP contribution in [-0.2, 0) is 4.79 Å². The number of hydrogen-bond donors (Lipinski definition) is 0. The molecule has 1 aliphatic heterocycles. The molecule has 0 amide bonds. The van der Waals surface area contributed by atoms with Crippen molar-refractivity contribution >= 4 is 5.78 Å². The van der Waals surface area contributed by atoms with Gasteiger partial charge in [-0.1, -0.05) is 0 Å². The molecule has 2 nitrogen and oxygen atoms in total. The molecule has 1 aliphatic rings. The molecule has 0 N–H and O–H groups in total. The van der Waals surface area contributed by atoms with Crippen molar-refractivity contribution in [1.29, 1.82) is 0 Å². The highest BCUT2D eigenvalue weighted by Gasteiger charge is 2.32. The maximum Gasteiger partial charge on any atom is 0.155 e. The fourth-order valence-corrected chi connectivity index (χ4v) is 1.93. The summed E-state index contributed by atoms with van der Waals surface area (Å²) in [6.07, 6.45) is 0.400. The highest BCUT2D eigenvalue weighted by Crippen LogP contribution is 2.29. The van der Waals surface area contributed by atoms with Gasteiger partial charge in [-0.3, -0.25) is 9.69 Å². The number of likely N-dealkylation sites (N-methyl/N-ethyl adjacent to an activating group) is 1.